The van der Waals surface area contributed by atoms with Gasteiger partial charge in [0.05, 0.1) is 6.61 Å². The van der Waals surface area contributed by atoms with Gasteiger partial charge in [-0.25, -0.2) is 0 Å². The molecule has 1 aromatic carbocycles. The molecule has 1 unspecified atom stereocenters. The molecule has 0 aliphatic rings. The Balaban J connectivity index is 2.01. The fourth-order valence-corrected chi connectivity index (χ4v) is 2.91. The third-order valence-corrected chi connectivity index (χ3v) is 4.41. The van der Waals surface area contributed by atoms with E-state index in [1.54, 1.807) is 11.3 Å². The monoisotopic (exact) mass is 289 g/mol. The van der Waals surface area contributed by atoms with E-state index in [0.717, 1.165) is 31.6 Å². The molecule has 20 heavy (non-hydrogen) atoms. The number of nitrogens with two attached hydrogens (primary N) is 1. The smallest absolute Gasteiger partial charge is 0.125 e. The van der Waals surface area contributed by atoms with Crippen LogP contribution >= 0.6 is 11.3 Å². The Morgan fingerprint density at radius 2 is 2.10 bits per heavy atom. The summed E-state index contributed by atoms with van der Waals surface area (Å²) in [5.41, 5.74) is 8.49. The largest absolute Gasteiger partial charge is 0.493 e. The van der Waals surface area contributed by atoms with Crippen molar-refractivity contribution in [3.63, 3.8) is 0 Å². The third kappa shape index (κ3) is 4.09. The van der Waals surface area contributed by atoms with E-state index in [2.05, 4.69) is 49.6 Å². The number of thiophene rings is 1. The predicted octanol–water partition coefficient (Wildman–Crippen LogP) is 3.96. The zero-order valence-electron chi connectivity index (χ0n) is 12.3. The van der Waals surface area contributed by atoms with E-state index < -0.39 is 0 Å². The van der Waals surface area contributed by atoms with Crippen LogP contribution in [0.25, 0.3) is 0 Å². The van der Waals surface area contributed by atoms with Crippen molar-refractivity contribution in [2.45, 2.75) is 39.2 Å². The lowest BCUT2D eigenvalue weighted by molar-refractivity contribution is 0.316. The Morgan fingerprint density at radius 1 is 1.25 bits per heavy atom. The number of rotatable bonds is 7. The van der Waals surface area contributed by atoms with Gasteiger partial charge < -0.3 is 10.5 Å². The highest BCUT2D eigenvalue weighted by Crippen LogP contribution is 2.25. The molecule has 0 bridgehead atoms. The molecule has 1 heterocycles. The minimum atomic E-state index is 0.205. The number of ether oxygens (including phenoxy) is 1. The summed E-state index contributed by atoms with van der Waals surface area (Å²) in [5, 5.41) is 2.11. The molecule has 0 saturated carbocycles. The average molecular weight is 289 g/mol. The lowest BCUT2D eigenvalue weighted by Gasteiger charge is -2.16. The van der Waals surface area contributed by atoms with Crippen molar-refractivity contribution in [2.24, 2.45) is 5.73 Å². The molecular formula is C17H23NOS. The number of aryl methyl sites for hydroxylation is 1. The van der Waals surface area contributed by atoms with Gasteiger partial charge in [0.25, 0.3) is 0 Å². The quantitative estimate of drug-likeness (QED) is 0.837. The van der Waals surface area contributed by atoms with Crippen LogP contribution in [0.15, 0.2) is 35.7 Å². The van der Waals surface area contributed by atoms with Crippen LogP contribution in [0.3, 0.4) is 0 Å². The highest BCUT2D eigenvalue weighted by Gasteiger charge is 2.10. The second kappa shape index (κ2) is 7.46. The second-order valence-corrected chi connectivity index (χ2v) is 6.15. The summed E-state index contributed by atoms with van der Waals surface area (Å²) >= 11 is 1.78. The fourth-order valence-electron chi connectivity index (χ4n) is 2.22. The van der Waals surface area contributed by atoms with Crippen molar-refractivity contribution in [3.8, 4) is 5.75 Å². The van der Waals surface area contributed by atoms with Crippen molar-refractivity contribution in [1.82, 2.24) is 0 Å². The van der Waals surface area contributed by atoms with Gasteiger partial charge in [0, 0.05) is 17.3 Å². The minimum Gasteiger partial charge on any atom is -0.493 e. The van der Waals surface area contributed by atoms with Gasteiger partial charge in [-0.3, -0.25) is 0 Å². The first-order chi connectivity index (χ1) is 9.70. The van der Waals surface area contributed by atoms with E-state index >= 15 is 0 Å². The summed E-state index contributed by atoms with van der Waals surface area (Å²) in [7, 11) is 0. The summed E-state index contributed by atoms with van der Waals surface area (Å²) in [6, 6.07) is 10.7. The molecule has 108 valence electrons. The molecule has 3 heteroatoms. The minimum absolute atomic E-state index is 0.205. The van der Waals surface area contributed by atoms with Gasteiger partial charge in [-0.15, -0.1) is 11.3 Å². The summed E-state index contributed by atoms with van der Waals surface area (Å²) in [4.78, 5) is 1.37. The zero-order chi connectivity index (χ0) is 14.4. The fraction of sp³-hybridized carbons (Fsp3) is 0.412. The first kappa shape index (κ1) is 15.1. The molecule has 0 fully saturated rings. The zero-order valence-corrected chi connectivity index (χ0v) is 13.1. The van der Waals surface area contributed by atoms with Crippen LogP contribution in [0.5, 0.6) is 5.75 Å². The molecule has 0 spiro atoms. The molecule has 0 saturated heterocycles. The summed E-state index contributed by atoms with van der Waals surface area (Å²) in [5.74, 6) is 1.02. The first-order valence-electron chi connectivity index (χ1n) is 7.20. The molecule has 0 radical (unpaired) electrons. The van der Waals surface area contributed by atoms with Crippen molar-refractivity contribution in [1.29, 1.82) is 0 Å². The molecule has 0 amide bonds. The van der Waals surface area contributed by atoms with Gasteiger partial charge in [0.2, 0.25) is 0 Å². The third-order valence-electron chi connectivity index (χ3n) is 3.47. The first-order valence-corrected chi connectivity index (χ1v) is 8.08. The molecule has 2 N–H and O–H groups in total. The Kier molecular flexibility index (Phi) is 5.62. The van der Waals surface area contributed by atoms with Crippen LogP contribution < -0.4 is 10.5 Å². The van der Waals surface area contributed by atoms with Crippen LogP contribution in [0, 0.1) is 6.92 Å². The summed E-state index contributed by atoms with van der Waals surface area (Å²) in [6.07, 6.45) is 2.83. The number of hydrogen-bond donors (Lipinski definition) is 1. The number of para-hydroxylation sites is 1. The predicted molar refractivity (Wildman–Crippen MR) is 86.7 cm³/mol. The maximum Gasteiger partial charge on any atom is 0.125 e. The van der Waals surface area contributed by atoms with Crippen LogP contribution in [-0.4, -0.2) is 12.6 Å². The van der Waals surface area contributed by atoms with E-state index in [-0.39, 0.29) is 6.04 Å². The van der Waals surface area contributed by atoms with Crippen molar-refractivity contribution in [2.75, 3.05) is 6.61 Å². The summed E-state index contributed by atoms with van der Waals surface area (Å²) < 4.78 is 6.04. The topological polar surface area (TPSA) is 35.2 Å². The Bertz CT molecular complexity index is 522. The van der Waals surface area contributed by atoms with Gasteiger partial charge >= 0.3 is 0 Å². The standard InChI is InChI=1S/C17H23NOS/c1-3-15(18)12-14-7-4-6-13(2)17(14)19-10-9-16-8-5-11-20-16/h4-8,11,15H,3,9-10,12,18H2,1-2H3. The maximum absolute atomic E-state index is 6.08. The lowest BCUT2D eigenvalue weighted by atomic mass is 10.0. The van der Waals surface area contributed by atoms with Gasteiger partial charge in [0.1, 0.15) is 5.75 Å². The molecule has 2 aromatic rings. The van der Waals surface area contributed by atoms with E-state index in [4.69, 9.17) is 10.5 Å². The highest BCUT2D eigenvalue weighted by atomic mass is 32.1. The van der Waals surface area contributed by atoms with Gasteiger partial charge in [-0.2, -0.15) is 0 Å². The van der Waals surface area contributed by atoms with Crippen LogP contribution in [0.1, 0.15) is 29.3 Å². The van der Waals surface area contributed by atoms with E-state index in [1.165, 1.54) is 16.0 Å². The van der Waals surface area contributed by atoms with Crippen molar-refractivity contribution in [3.05, 3.63) is 51.7 Å². The summed E-state index contributed by atoms with van der Waals surface area (Å²) in [6.45, 7) is 4.94. The molecule has 1 aromatic heterocycles. The Morgan fingerprint density at radius 3 is 2.80 bits per heavy atom. The molecule has 0 aliphatic carbocycles. The number of benzene rings is 1. The SMILES string of the molecule is CCC(N)Cc1cccc(C)c1OCCc1cccs1. The van der Waals surface area contributed by atoms with Gasteiger partial charge in [-0.05, 0) is 42.3 Å². The lowest BCUT2D eigenvalue weighted by Crippen LogP contribution is -2.22. The van der Waals surface area contributed by atoms with E-state index in [0.29, 0.717) is 0 Å². The molecular weight excluding hydrogens is 266 g/mol. The average Bonchev–Trinajstić information content (AvgIpc) is 2.95. The van der Waals surface area contributed by atoms with Gasteiger partial charge in [0.15, 0.2) is 0 Å². The van der Waals surface area contributed by atoms with Crippen LogP contribution in [0.2, 0.25) is 0 Å². The molecule has 0 aliphatic heterocycles. The molecule has 1 atom stereocenters. The highest BCUT2D eigenvalue weighted by molar-refractivity contribution is 7.09. The molecule has 2 rings (SSSR count). The van der Waals surface area contributed by atoms with Crippen LogP contribution in [-0.2, 0) is 12.8 Å². The normalized spacial score (nSPS) is 12.3. The number of hydrogen-bond acceptors (Lipinski definition) is 3. The van der Waals surface area contributed by atoms with Gasteiger partial charge in [-0.1, -0.05) is 31.2 Å². The van der Waals surface area contributed by atoms with E-state index in [9.17, 15) is 0 Å². The van der Waals surface area contributed by atoms with Crippen molar-refractivity contribution < 1.29 is 4.74 Å². The maximum atomic E-state index is 6.08. The van der Waals surface area contributed by atoms with Crippen molar-refractivity contribution >= 4 is 11.3 Å². The molecule has 2 nitrogen and oxygen atoms in total. The Labute approximate surface area is 125 Å². The second-order valence-electron chi connectivity index (χ2n) is 5.11. The van der Waals surface area contributed by atoms with Crippen LogP contribution in [0.4, 0.5) is 0 Å². The van der Waals surface area contributed by atoms with E-state index in [1.807, 2.05) is 0 Å². The Hall–Kier alpha value is -1.32.